The molecule has 1 heterocycles. The average Bonchev–Trinajstić information content (AvgIpc) is 2.73. The van der Waals surface area contributed by atoms with Crippen LogP contribution >= 0.6 is 0 Å². The van der Waals surface area contributed by atoms with E-state index in [0.29, 0.717) is 0 Å². The lowest BCUT2D eigenvalue weighted by Gasteiger charge is -2.07. The smallest absolute Gasteiger partial charge is 0.00138 e. The molecule has 2 unspecified atom stereocenters. The Bertz CT molecular complexity index is 147. The van der Waals surface area contributed by atoms with Gasteiger partial charge in [0.15, 0.2) is 0 Å². The monoisotopic (exact) mass is 123 g/mol. The molecule has 3 aliphatic rings. The van der Waals surface area contributed by atoms with Gasteiger partial charge in [0.2, 0.25) is 0 Å². The number of hydrogen-bond donors (Lipinski definition) is 1. The molecule has 2 aliphatic carbocycles. The molecule has 0 radical (unpaired) electrons. The summed E-state index contributed by atoms with van der Waals surface area (Å²) in [7, 11) is 0. The van der Waals surface area contributed by atoms with Gasteiger partial charge in [-0.3, -0.25) is 0 Å². The predicted octanol–water partition coefficient (Wildman–Crippen LogP) is 1.01. The van der Waals surface area contributed by atoms with Crippen LogP contribution in [0.2, 0.25) is 0 Å². The number of fused-ring (bicyclic) bond motifs is 1. The van der Waals surface area contributed by atoms with Crippen LogP contribution < -0.4 is 5.32 Å². The normalized spacial score (nSPS) is 55.3. The minimum absolute atomic E-state index is 0.861. The van der Waals surface area contributed by atoms with Crippen molar-refractivity contribution in [3.63, 3.8) is 0 Å². The zero-order chi connectivity index (χ0) is 5.90. The third-order valence-electron chi connectivity index (χ3n) is 3.51. The minimum Gasteiger partial charge on any atom is -0.316 e. The van der Waals surface area contributed by atoms with E-state index in [1.807, 2.05) is 0 Å². The summed E-state index contributed by atoms with van der Waals surface area (Å²) in [5, 5.41) is 3.48. The van der Waals surface area contributed by atoms with Crippen molar-refractivity contribution in [3.05, 3.63) is 0 Å². The van der Waals surface area contributed by atoms with Crippen molar-refractivity contribution in [1.82, 2.24) is 5.32 Å². The summed E-state index contributed by atoms with van der Waals surface area (Å²) in [5.74, 6) is 2.25. The van der Waals surface area contributed by atoms with E-state index in [1.165, 1.54) is 25.9 Å². The molecule has 3 rings (SSSR count). The fourth-order valence-electron chi connectivity index (χ4n) is 2.67. The van der Waals surface area contributed by atoms with Gasteiger partial charge < -0.3 is 5.32 Å². The Labute approximate surface area is 55.8 Å². The first-order valence-corrected chi connectivity index (χ1v) is 4.12. The number of hydrogen-bond acceptors (Lipinski definition) is 1. The Balaban J connectivity index is 1.87. The summed E-state index contributed by atoms with van der Waals surface area (Å²) in [4.78, 5) is 0. The number of piperidine rings is 1. The third-order valence-corrected chi connectivity index (χ3v) is 3.51. The molecule has 1 aliphatic heterocycles. The molecule has 0 bridgehead atoms. The molecule has 3 fully saturated rings. The molecule has 0 amide bonds. The molecule has 1 heteroatoms. The Hall–Kier alpha value is -0.0400. The van der Waals surface area contributed by atoms with Crippen LogP contribution in [-0.2, 0) is 0 Å². The van der Waals surface area contributed by atoms with Gasteiger partial charge in [0.25, 0.3) is 0 Å². The summed E-state index contributed by atoms with van der Waals surface area (Å²) in [6, 6.07) is 0. The van der Waals surface area contributed by atoms with Crippen LogP contribution in [0.15, 0.2) is 0 Å². The Morgan fingerprint density at radius 1 is 1.22 bits per heavy atom. The molecule has 0 spiro atoms. The second kappa shape index (κ2) is 1.20. The zero-order valence-electron chi connectivity index (χ0n) is 5.69. The third kappa shape index (κ3) is 0.454. The molecule has 1 N–H and O–H groups in total. The fourth-order valence-corrected chi connectivity index (χ4v) is 2.67. The Morgan fingerprint density at radius 3 is 2.56 bits per heavy atom. The Kier molecular flexibility index (Phi) is 0.628. The van der Waals surface area contributed by atoms with Crippen LogP contribution in [0.1, 0.15) is 19.3 Å². The second-order valence-corrected chi connectivity index (χ2v) is 4.04. The van der Waals surface area contributed by atoms with Gasteiger partial charge in [0.05, 0.1) is 0 Å². The number of rotatable bonds is 1. The maximum Gasteiger partial charge on any atom is 0.00138 e. The van der Waals surface area contributed by atoms with Crippen molar-refractivity contribution in [2.45, 2.75) is 19.3 Å². The summed E-state index contributed by atoms with van der Waals surface area (Å²) < 4.78 is 0. The van der Waals surface area contributed by atoms with E-state index in [2.05, 4.69) is 5.32 Å². The highest BCUT2D eigenvalue weighted by atomic mass is 15.0. The van der Waals surface area contributed by atoms with E-state index in [4.69, 9.17) is 0 Å². The quantitative estimate of drug-likeness (QED) is 0.548. The molecule has 9 heavy (non-hydrogen) atoms. The average molecular weight is 123 g/mol. The van der Waals surface area contributed by atoms with Gasteiger partial charge in [-0.05, 0) is 43.1 Å². The highest BCUT2D eigenvalue weighted by molar-refractivity contribution is 5.15. The maximum atomic E-state index is 3.48. The van der Waals surface area contributed by atoms with Crippen molar-refractivity contribution < 1.29 is 0 Å². The van der Waals surface area contributed by atoms with Gasteiger partial charge in [-0.15, -0.1) is 0 Å². The second-order valence-electron chi connectivity index (χ2n) is 4.04. The lowest BCUT2D eigenvalue weighted by atomic mass is 10.0. The van der Waals surface area contributed by atoms with Crippen molar-refractivity contribution >= 4 is 0 Å². The summed E-state index contributed by atoms with van der Waals surface area (Å²) in [5.41, 5.74) is 0.861. The standard InChI is InChI=1S/C8H13N/c1-2-6(1)8-3-7(8)4-9-5-8/h6-7,9H,1-5H2. The zero-order valence-corrected chi connectivity index (χ0v) is 5.69. The van der Waals surface area contributed by atoms with E-state index in [9.17, 15) is 0 Å². The lowest BCUT2D eigenvalue weighted by molar-refractivity contribution is 0.445. The van der Waals surface area contributed by atoms with Crippen LogP contribution in [0, 0.1) is 17.3 Å². The van der Waals surface area contributed by atoms with Crippen molar-refractivity contribution in [1.29, 1.82) is 0 Å². The summed E-state index contributed by atoms with van der Waals surface area (Å²) >= 11 is 0. The van der Waals surface area contributed by atoms with Crippen LogP contribution in [0.3, 0.4) is 0 Å². The van der Waals surface area contributed by atoms with Crippen LogP contribution in [0.5, 0.6) is 0 Å². The first-order valence-electron chi connectivity index (χ1n) is 4.12. The number of nitrogens with one attached hydrogen (secondary N) is 1. The van der Waals surface area contributed by atoms with Gasteiger partial charge in [0, 0.05) is 6.54 Å². The van der Waals surface area contributed by atoms with E-state index in [0.717, 1.165) is 17.3 Å². The largest absolute Gasteiger partial charge is 0.316 e. The lowest BCUT2D eigenvalue weighted by Crippen LogP contribution is -2.17. The van der Waals surface area contributed by atoms with Gasteiger partial charge in [-0.2, -0.15) is 0 Å². The molecular formula is C8H13N. The van der Waals surface area contributed by atoms with E-state index in [-0.39, 0.29) is 0 Å². The van der Waals surface area contributed by atoms with Crippen molar-refractivity contribution in [2.75, 3.05) is 13.1 Å². The molecule has 0 aromatic rings. The maximum absolute atomic E-state index is 3.48. The predicted molar refractivity (Wildman–Crippen MR) is 36.1 cm³/mol. The molecular weight excluding hydrogens is 110 g/mol. The SMILES string of the molecule is C1CC1C12CNCC1C2. The van der Waals surface area contributed by atoms with E-state index < -0.39 is 0 Å². The van der Waals surface area contributed by atoms with Gasteiger partial charge >= 0.3 is 0 Å². The van der Waals surface area contributed by atoms with Crippen LogP contribution in [0.25, 0.3) is 0 Å². The van der Waals surface area contributed by atoms with Crippen molar-refractivity contribution in [2.24, 2.45) is 17.3 Å². The first kappa shape index (κ1) is 4.73. The Morgan fingerprint density at radius 2 is 2.11 bits per heavy atom. The minimum atomic E-state index is 0.861. The van der Waals surface area contributed by atoms with E-state index in [1.54, 1.807) is 6.42 Å². The summed E-state index contributed by atoms with van der Waals surface area (Å²) in [6.45, 7) is 2.68. The van der Waals surface area contributed by atoms with Gasteiger partial charge in [-0.25, -0.2) is 0 Å². The van der Waals surface area contributed by atoms with Gasteiger partial charge in [-0.1, -0.05) is 0 Å². The highest BCUT2D eigenvalue weighted by Gasteiger charge is 2.63. The fraction of sp³-hybridized carbons (Fsp3) is 1.00. The van der Waals surface area contributed by atoms with Gasteiger partial charge in [0.1, 0.15) is 0 Å². The molecule has 0 aromatic carbocycles. The molecule has 1 saturated heterocycles. The topological polar surface area (TPSA) is 12.0 Å². The highest BCUT2D eigenvalue weighted by Crippen LogP contribution is 2.66. The molecule has 0 aromatic heterocycles. The molecule has 2 saturated carbocycles. The first-order chi connectivity index (χ1) is 4.42. The molecule has 50 valence electrons. The van der Waals surface area contributed by atoms with E-state index >= 15 is 0 Å². The molecule has 1 nitrogen and oxygen atoms in total. The molecule has 2 atom stereocenters. The van der Waals surface area contributed by atoms with Crippen LogP contribution in [0.4, 0.5) is 0 Å². The van der Waals surface area contributed by atoms with Crippen LogP contribution in [-0.4, -0.2) is 13.1 Å². The van der Waals surface area contributed by atoms with Crippen molar-refractivity contribution in [3.8, 4) is 0 Å². The summed E-state index contributed by atoms with van der Waals surface area (Å²) in [6.07, 6.45) is 4.64.